The van der Waals surface area contributed by atoms with Crippen LogP contribution in [0.1, 0.15) is 30.9 Å². The minimum Gasteiger partial charge on any atom is -0.457 e. The highest BCUT2D eigenvalue weighted by atomic mass is 79.9. The summed E-state index contributed by atoms with van der Waals surface area (Å²) in [6.07, 6.45) is 0. The summed E-state index contributed by atoms with van der Waals surface area (Å²) in [6.45, 7) is 5.19. The van der Waals surface area contributed by atoms with Crippen molar-refractivity contribution in [1.29, 1.82) is 0 Å². The first-order chi connectivity index (χ1) is 9.61. The Bertz CT molecular complexity index is 581. The lowest BCUT2D eigenvalue weighted by molar-refractivity contribution is 0.472. The molecule has 2 aromatic carbocycles. The Labute approximate surface area is 129 Å². The Morgan fingerprint density at radius 1 is 1.15 bits per heavy atom. The Morgan fingerprint density at radius 2 is 1.90 bits per heavy atom. The number of halogens is 1. The Kier molecular flexibility index (Phi) is 5.21. The summed E-state index contributed by atoms with van der Waals surface area (Å²) >= 11 is 3.59. The van der Waals surface area contributed by atoms with Crippen molar-refractivity contribution in [3.63, 3.8) is 0 Å². The molecule has 0 aliphatic rings. The van der Waals surface area contributed by atoms with Crippen LogP contribution in [-0.2, 0) is 6.54 Å². The monoisotopic (exact) mass is 333 g/mol. The molecule has 20 heavy (non-hydrogen) atoms. The van der Waals surface area contributed by atoms with E-state index >= 15 is 0 Å². The molecular formula is C17H20BrNO. The van der Waals surface area contributed by atoms with Gasteiger partial charge in [-0.25, -0.2) is 0 Å². The van der Waals surface area contributed by atoms with Crippen molar-refractivity contribution in [2.24, 2.45) is 0 Å². The van der Waals surface area contributed by atoms with E-state index in [1.165, 1.54) is 11.1 Å². The number of rotatable bonds is 5. The fourth-order valence-electron chi connectivity index (χ4n) is 2.10. The van der Waals surface area contributed by atoms with Crippen molar-refractivity contribution in [3.8, 4) is 11.5 Å². The topological polar surface area (TPSA) is 21.3 Å². The van der Waals surface area contributed by atoms with Crippen molar-refractivity contribution < 1.29 is 4.74 Å². The van der Waals surface area contributed by atoms with Crippen LogP contribution in [0, 0.1) is 0 Å². The minimum absolute atomic E-state index is 0.443. The van der Waals surface area contributed by atoms with Crippen LogP contribution in [-0.4, -0.2) is 7.05 Å². The van der Waals surface area contributed by atoms with Gasteiger partial charge in [-0.15, -0.1) is 0 Å². The predicted octanol–water partition coefficient (Wildman–Crippen LogP) is 5.08. The first kappa shape index (κ1) is 15.1. The molecule has 0 atom stereocenters. The smallest absolute Gasteiger partial charge is 0.130 e. The van der Waals surface area contributed by atoms with E-state index in [0.717, 1.165) is 22.5 Å². The van der Waals surface area contributed by atoms with Gasteiger partial charge in [-0.2, -0.15) is 0 Å². The van der Waals surface area contributed by atoms with E-state index in [9.17, 15) is 0 Å². The van der Waals surface area contributed by atoms with Crippen LogP contribution in [0.2, 0.25) is 0 Å². The maximum atomic E-state index is 6.03. The van der Waals surface area contributed by atoms with Crippen molar-refractivity contribution >= 4 is 15.9 Å². The number of para-hydroxylation sites is 1. The molecule has 0 heterocycles. The molecule has 2 rings (SSSR count). The zero-order valence-corrected chi connectivity index (χ0v) is 13.7. The van der Waals surface area contributed by atoms with Gasteiger partial charge in [0.15, 0.2) is 0 Å². The quantitative estimate of drug-likeness (QED) is 0.823. The summed E-state index contributed by atoms with van der Waals surface area (Å²) in [5.41, 5.74) is 2.44. The van der Waals surface area contributed by atoms with Gasteiger partial charge in [-0.3, -0.25) is 0 Å². The molecule has 0 spiro atoms. The number of hydrogen-bond acceptors (Lipinski definition) is 2. The zero-order chi connectivity index (χ0) is 14.5. The van der Waals surface area contributed by atoms with Crippen molar-refractivity contribution in [1.82, 2.24) is 5.32 Å². The van der Waals surface area contributed by atoms with E-state index < -0.39 is 0 Å². The Morgan fingerprint density at radius 3 is 2.55 bits per heavy atom. The average molecular weight is 334 g/mol. The van der Waals surface area contributed by atoms with Gasteiger partial charge < -0.3 is 10.1 Å². The molecular weight excluding hydrogens is 314 g/mol. The molecule has 0 aliphatic carbocycles. The zero-order valence-electron chi connectivity index (χ0n) is 12.1. The molecule has 0 saturated heterocycles. The lowest BCUT2D eigenvalue weighted by Crippen LogP contribution is -2.05. The fraction of sp³-hybridized carbons (Fsp3) is 0.294. The SMILES string of the molecule is CNCc1ccc(Oc2ccccc2C(C)C)cc1Br. The van der Waals surface area contributed by atoms with Gasteiger partial charge in [0.25, 0.3) is 0 Å². The van der Waals surface area contributed by atoms with Crippen LogP contribution in [0.5, 0.6) is 11.5 Å². The van der Waals surface area contributed by atoms with E-state index in [1.54, 1.807) is 0 Å². The highest BCUT2D eigenvalue weighted by molar-refractivity contribution is 9.10. The van der Waals surface area contributed by atoms with Gasteiger partial charge in [0.1, 0.15) is 11.5 Å². The molecule has 2 nitrogen and oxygen atoms in total. The lowest BCUT2D eigenvalue weighted by atomic mass is 10.0. The van der Waals surface area contributed by atoms with Crippen LogP contribution in [0.3, 0.4) is 0 Å². The van der Waals surface area contributed by atoms with E-state index in [0.29, 0.717) is 5.92 Å². The second kappa shape index (κ2) is 6.91. The normalized spacial score (nSPS) is 10.8. The summed E-state index contributed by atoms with van der Waals surface area (Å²) in [7, 11) is 1.94. The molecule has 0 bridgehead atoms. The fourth-order valence-corrected chi connectivity index (χ4v) is 2.60. The van der Waals surface area contributed by atoms with Gasteiger partial charge in [0, 0.05) is 11.0 Å². The van der Waals surface area contributed by atoms with Gasteiger partial charge >= 0.3 is 0 Å². The second-order valence-corrected chi connectivity index (χ2v) is 5.93. The highest BCUT2D eigenvalue weighted by Crippen LogP contribution is 2.32. The largest absolute Gasteiger partial charge is 0.457 e. The summed E-state index contributed by atoms with van der Waals surface area (Å²) < 4.78 is 7.10. The number of hydrogen-bond donors (Lipinski definition) is 1. The molecule has 106 valence electrons. The summed E-state index contributed by atoms with van der Waals surface area (Å²) in [6, 6.07) is 14.3. The van der Waals surface area contributed by atoms with Crippen LogP contribution in [0.15, 0.2) is 46.9 Å². The van der Waals surface area contributed by atoms with Crippen LogP contribution in [0.25, 0.3) is 0 Å². The van der Waals surface area contributed by atoms with Gasteiger partial charge in [-0.05, 0) is 42.3 Å². The summed E-state index contributed by atoms with van der Waals surface area (Å²) in [5, 5.41) is 3.15. The minimum atomic E-state index is 0.443. The number of benzene rings is 2. The summed E-state index contributed by atoms with van der Waals surface area (Å²) in [4.78, 5) is 0. The maximum Gasteiger partial charge on any atom is 0.130 e. The molecule has 0 aliphatic heterocycles. The van der Waals surface area contributed by atoms with Crippen LogP contribution in [0.4, 0.5) is 0 Å². The van der Waals surface area contributed by atoms with Crippen molar-refractivity contribution in [2.45, 2.75) is 26.3 Å². The average Bonchev–Trinajstić information content (AvgIpc) is 2.42. The van der Waals surface area contributed by atoms with Gasteiger partial charge in [-0.1, -0.05) is 54.0 Å². The summed E-state index contributed by atoms with van der Waals surface area (Å²) in [5.74, 6) is 2.22. The molecule has 0 aromatic heterocycles. The molecule has 0 radical (unpaired) electrons. The van der Waals surface area contributed by atoms with E-state index in [1.807, 2.05) is 37.4 Å². The predicted molar refractivity (Wildman–Crippen MR) is 87.5 cm³/mol. The molecule has 2 aromatic rings. The van der Waals surface area contributed by atoms with E-state index in [-0.39, 0.29) is 0 Å². The first-order valence-electron chi connectivity index (χ1n) is 6.81. The molecule has 0 saturated carbocycles. The van der Waals surface area contributed by atoms with Crippen LogP contribution < -0.4 is 10.1 Å². The molecule has 1 N–H and O–H groups in total. The van der Waals surface area contributed by atoms with Crippen molar-refractivity contribution in [3.05, 3.63) is 58.1 Å². The molecule has 0 amide bonds. The maximum absolute atomic E-state index is 6.03. The number of ether oxygens (including phenoxy) is 1. The van der Waals surface area contributed by atoms with Crippen molar-refractivity contribution in [2.75, 3.05) is 7.05 Å². The Hall–Kier alpha value is -1.32. The number of nitrogens with one attached hydrogen (secondary N) is 1. The lowest BCUT2D eigenvalue weighted by Gasteiger charge is -2.14. The standard InChI is InChI=1S/C17H20BrNO/c1-12(2)15-6-4-5-7-17(15)20-14-9-8-13(11-19-3)16(18)10-14/h4-10,12,19H,11H2,1-3H3. The van der Waals surface area contributed by atoms with E-state index in [2.05, 4.69) is 47.2 Å². The van der Waals surface area contributed by atoms with E-state index in [4.69, 9.17) is 4.74 Å². The third-order valence-electron chi connectivity index (χ3n) is 3.16. The highest BCUT2D eigenvalue weighted by Gasteiger charge is 2.09. The molecule has 0 fully saturated rings. The molecule has 0 unspecified atom stereocenters. The third kappa shape index (κ3) is 3.62. The first-order valence-corrected chi connectivity index (χ1v) is 7.61. The second-order valence-electron chi connectivity index (χ2n) is 5.08. The molecule has 3 heteroatoms. The van der Waals surface area contributed by atoms with Gasteiger partial charge in [0.2, 0.25) is 0 Å². The van der Waals surface area contributed by atoms with Gasteiger partial charge in [0.05, 0.1) is 0 Å². The third-order valence-corrected chi connectivity index (χ3v) is 3.90. The van der Waals surface area contributed by atoms with Crippen LogP contribution >= 0.6 is 15.9 Å². The Balaban J connectivity index is 2.24.